The van der Waals surface area contributed by atoms with Crippen LogP contribution >= 0.6 is 0 Å². The van der Waals surface area contributed by atoms with E-state index in [-0.39, 0.29) is 5.54 Å². The van der Waals surface area contributed by atoms with Gasteiger partial charge < -0.3 is 10.2 Å². The Morgan fingerprint density at radius 1 is 1.24 bits per heavy atom. The van der Waals surface area contributed by atoms with Gasteiger partial charge in [-0.1, -0.05) is 31.2 Å². The van der Waals surface area contributed by atoms with Crippen molar-refractivity contribution >= 4 is 0 Å². The first-order valence-corrected chi connectivity index (χ1v) is 7.86. The lowest BCUT2D eigenvalue weighted by atomic mass is 9.75. The largest absolute Gasteiger partial charge is 0.468 e. The molecule has 1 heterocycles. The van der Waals surface area contributed by atoms with Crippen LogP contribution in [0.25, 0.3) is 0 Å². The van der Waals surface area contributed by atoms with Gasteiger partial charge in [-0.25, -0.2) is 0 Å². The lowest BCUT2D eigenvalue weighted by Gasteiger charge is -2.46. The Hall–Kier alpha value is -1.58. The van der Waals surface area contributed by atoms with Crippen molar-refractivity contribution in [2.75, 3.05) is 13.1 Å². The van der Waals surface area contributed by atoms with E-state index in [1.807, 2.05) is 12.1 Å². The summed E-state index contributed by atoms with van der Waals surface area (Å²) in [5.74, 6) is 1.01. The van der Waals surface area contributed by atoms with Crippen LogP contribution in [0.5, 0.6) is 0 Å². The Bertz CT molecular complexity index is 579. The van der Waals surface area contributed by atoms with Crippen molar-refractivity contribution in [2.45, 2.75) is 38.3 Å². The fraction of sp³-hybridized carbons (Fsp3) is 0.444. The number of rotatable bonds is 5. The molecule has 0 bridgehead atoms. The molecule has 21 heavy (non-hydrogen) atoms. The number of benzene rings is 1. The third kappa shape index (κ3) is 2.52. The Morgan fingerprint density at radius 3 is 2.81 bits per heavy atom. The van der Waals surface area contributed by atoms with Crippen LogP contribution in [0.1, 0.15) is 36.7 Å². The monoisotopic (exact) mass is 284 g/mol. The fourth-order valence-electron chi connectivity index (χ4n) is 3.72. The molecule has 112 valence electrons. The lowest BCUT2D eigenvalue weighted by Crippen LogP contribution is -2.52. The number of aryl methyl sites for hydroxylation is 1. The first kappa shape index (κ1) is 14.4. The number of hydrogen-bond donors (Lipinski definition) is 1. The van der Waals surface area contributed by atoms with Gasteiger partial charge in [-0.15, -0.1) is 0 Å². The molecule has 0 saturated heterocycles. The summed E-state index contributed by atoms with van der Waals surface area (Å²) >= 11 is 0. The first-order chi connectivity index (χ1) is 10.3. The summed E-state index contributed by atoms with van der Waals surface area (Å²) < 4.78 is 5.55. The average Bonchev–Trinajstić information content (AvgIpc) is 3.05. The molecule has 1 unspecified atom stereocenters. The van der Waals surface area contributed by atoms with Gasteiger partial charge in [0.2, 0.25) is 0 Å². The van der Waals surface area contributed by atoms with Crippen molar-refractivity contribution in [3.05, 3.63) is 59.5 Å². The lowest BCUT2D eigenvalue weighted by molar-refractivity contribution is 0.0646. The molecule has 0 radical (unpaired) electrons. The van der Waals surface area contributed by atoms with E-state index in [0.29, 0.717) is 6.54 Å². The molecule has 2 aromatic rings. The molecule has 1 aromatic carbocycles. The molecule has 0 aliphatic heterocycles. The minimum absolute atomic E-state index is 0.0591. The standard InChI is InChI=1S/C18H24N2O/c1-2-20(13-16-9-6-12-21-16)18(14-19)11-5-8-15-7-3-4-10-17(15)18/h3-4,6-7,9-10,12H,2,5,8,11,13-14,19H2,1H3. The SMILES string of the molecule is CCN(Cc1ccco1)C1(CN)CCCc2ccccc21. The number of furan rings is 1. The molecule has 0 amide bonds. The highest BCUT2D eigenvalue weighted by Crippen LogP contribution is 2.40. The number of nitrogens with zero attached hydrogens (tertiary/aromatic N) is 1. The van der Waals surface area contributed by atoms with Gasteiger partial charge in [-0.2, -0.15) is 0 Å². The van der Waals surface area contributed by atoms with E-state index in [0.717, 1.165) is 31.7 Å². The number of likely N-dealkylation sites (N-methyl/N-ethyl adjacent to an activating group) is 1. The Morgan fingerprint density at radius 2 is 2.10 bits per heavy atom. The van der Waals surface area contributed by atoms with Gasteiger partial charge in [0.1, 0.15) is 5.76 Å². The fourth-order valence-corrected chi connectivity index (χ4v) is 3.72. The zero-order chi connectivity index (χ0) is 14.7. The normalized spacial score (nSPS) is 21.5. The summed E-state index contributed by atoms with van der Waals surface area (Å²) in [7, 11) is 0. The van der Waals surface area contributed by atoms with Gasteiger partial charge in [0.25, 0.3) is 0 Å². The summed E-state index contributed by atoms with van der Waals surface area (Å²) in [5, 5.41) is 0. The maximum atomic E-state index is 6.29. The second kappa shape index (κ2) is 6.04. The van der Waals surface area contributed by atoms with E-state index in [4.69, 9.17) is 10.2 Å². The van der Waals surface area contributed by atoms with Crippen LogP contribution in [0, 0.1) is 0 Å². The smallest absolute Gasteiger partial charge is 0.117 e. The van der Waals surface area contributed by atoms with Crippen LogP contribution < -0.4 is 5.73 Å². The Kier molecular flexibility index (Phi) is 4.13. The Balaban J connectivity index is 1.99. The minimum Gasteiger partial charge on any atom is -0.468 e. The molecule has 2 N–H and O–H groups in total. The zero-order valence-corrected chi connectivity index (χ0v) is 12.7. The maximum Gasteiger partial charge on any atom is 0.117 e. The molecular formula is C18H24N2O. The van der Waals surface area contributed by atoms with Crippen LogP contribution in [0.4, 0.5) is 0 Å². The van der Waals surface area contributed by atoms with Crippen LogP contribution in [0.3, 0.4) is 0 Å². The second-order valence-corrected chi connectivity index (χ2v) is 5.84. The topological polar surface area (TPSA) is 42.4 Å². The van der Waals surface area contributed by atoms with Gasteiger partial charge >= 0.3 is 0 Å². The molecule has 3 rings (SSSR count). The van der Waals surface area contributed by atoms with E-state index >= 15 is 0 Å². The Labute approximate surface area is 126 Å². The molecule has 0 fully saturated rings. The number of hydrogen-bond acceptors (Lipinski definition) is 3. The van der Waals surface area contributed by atoms with E-state index in [9.17, 15) is 0 Å². The van der Waals surface area contributed by atoms with Crippen LogP contribution in [-0.2, 0) is 18.5 Å². The average molecular weight is 284 g/mol. The molecule has 1 aliphatic rings. The quantitative estimate of drug-likeness (QED) is 0.916. The molecule has 1 atom stereocenters. The van der Waals surface area contributed by atoms with Crippen LogP contribution in [0.15, 0.2) is 47.1 Å². The highest BCUT2D eigenvalue weighted by atomic mass is 16.3. The van der Waals surface area contributed by atoms with Crippen LogP contribution in [-0.4, -0.2) is 18.0 Å². The van der Waals surface area contributed by atoms with Crippen molar-refractivity contribution < 1.29 is 4.42 Å². The molecular weight excluding hydrogens is 260 g/mol. The third-order valence-electron chi connectivity index (χ3n) is 4.81. The van der Waals surface area contributed by atoms with Crippen molar-refractivity contribution in [3.8, 4) is 0 Å². The summed E-state index contributed by atoms with van der Waals surface area (Å²) in [5.41, 5.74) is 9.09. The predicted octanol–water partition coefficient (Wildman–Crippen LogP) is 3.29. The first-order valence-electron chi connectivity index (χ1n) is 7.86. The van der Waals surface area contributed by atoms with E-state index < -0.39 is 0 Å². The van der Waals surface area contributed by atoms with Gasteiger partial charge in [-0.05, 0) is 49.1 Å². The van der Waals surface area contributed by atoms with Gasteiger partial charge in [0.05, 0.1) is 18.3 Å². The van der Waals surface area contributed by atoms with E-state index in [1.54, 1.807) is 6.26 Å². The van der Waals surface area contributed by atoms with Gasteiger partial charge in [-0.3, -0.25) is 4.90 Å². The highest BCUT2D eigenvalue weighted by Gasteiger charge is 2.40. The summed E-state index contributed by atoms with van der Waals surface area (Å²) in [6.07, 6.45) is 5.22. The molecule has 1 aliphatic carbocycles. The molecule has 0 spiro atoms. The van der Waals surface area contributed by atoms with Crippen molar-refractivity contribution in [1.29, 1.82) is 0 Å². The highest BCUT2D eigenvalue weighted by molar-refractivity contribution is 5.37. The molecule has 0 saturated carbocycles. The minimum atomic E-state index is -0.0591. The predicted molar refractivity (Wildman–Crippen MR) is 84.9 cm³/mol. The molecule has 3 nitrogen and oxygen atoms in total. The van der Waals surface area contributed by atoms with E-state index in [1.165, 1.54) is 17.5 Å². The van der Waals surface area contributed by atoms with E-state index in [2.05, 4.69) is 36.1 Å². The third-order valence-corrected chi connectivity index (χ3v) is 4.81. The van der Waals surface area contributed by atoms with Crippen LogP contribution in [0.2, 0.25) is 0 Å². The second-order valence-electron chi connectivity index (χ2n) is 5.84. The molecule has 1 aromatic heterocycles. The van der Waals surface area contributed by atoms with Crippen molar-refractivity contribution in [1.82, 2.24) is 4.90 Å². The number of nitrogens with two attached hydrogens (primary N) is 1. The van der Waals surface area contributed by atoms with Gasteiger partial charge in [0.15, 0.2) is 0 Å². The zero-order valence-electron chi connectivity index (χ0n) is 12.7. The summed E-state index contributed by atoms with van der Waals surface area (Å²) in [6, 6.07) is 12.8. The maximum absolute atomic E-state index is 6.29. The summed E-state index contributed by atoms with van der Waals surface area (Å²) in [6.45, 7) is 4.64. The summed E-state index contributed by atoms with van der Waals surface area (Å²) in [4.78, 5) is 2.48. The number of fused-ring (bicyclic) bond motifs is 1. The molecule has 3 heteroatoms. The van der Waals surface area contributed by atoms with Gasteiger partial charge in [0, 0.05) is 6.54 Å². The van der Waals surface area contributed by atoms with Crippen molar-refractivity contribution in [3.63, 3.8) is 0 Å². The van der Waals surface area contributed by atoms with Crippen molar-refractivity contribution in [2.24, 2.45) is 5.73 Å².